The van der Waals surface area contributed by atoms with Crippen molar-refractivity contribution in [1.29, 1.82) is 0 Å². The van der Waals surface area contributed by atoms with Gasteiger partial charge in [-0.05, 0) is 25.5 Å². The number of hydrogen-bond donors (Lipinski definition) is 1. The molecule has 0 unspecified atom stereocenters. The lowest BCUT2D eigenvalue weighted by Gasteiger charge is -2.10. The van der Waals surface area contributed by atoms with Gasteiger partial charge in [0.2, 0.25) is 0 Å². The van der Waals surface area contributed by atoms with Gasteiger partial charge in [-0.3, -0.25) is 4.79 Å². The zero-order valence-electron chi connectivity index (χ0n) is 12.4. The van der Waals surface area contributed by atoms with E-state index in [9.17, 15) is 4.79 Å². The number of unbranched alkanes of at least 4 members (excludes halogenated alkanes) is 2. The fourth-order valence-electron chi connectivity index (χ4n) is 1.92. The predicted octanol–water partition coefficient (Wildman–Crippen LogP) is 3.80. The number of aromatic nitrogens is 1. The second-order valence-electron chi connectivity index (χ2n) is 4.83. The van der Waals surface area contributed by atoms with Gasteiger partial charge in [-0.15, -0.1) is 0 Å². The van der Waals surface area contributed by atoms with Gasteiger partial charge in [-0.25, -0.2) is 0 Å². The number of ether oxygens (including phenoxy) is 1. The summed E-state index contributed by atoms with van der Waals surface area (Å²) in [6.07, 6.45) is 3.23. The quantitative estimate of drug-likeness (QED) is 0.787. The predicted molar refractivity (Wildman–Crippen MR) is 80.7 cm³/mol. The highest BCUT2D eigenvalue weighted by atomic mass is 16.5. The molecule has 1 N–H and O–H groups in total. The number of para-hydroxylation sites is 1. The molecule has 5 nitrogen and oxygen atoms in total. The van der Waals surface area contributed by atoms with Gasteiger partial charge in [0.15, 0.2) is 5.82 Å². The zero-order valence-corrected chi connectivity index (χ0v) is 12.4. The summed E-state index contributed by atoms with van der Waals surface area (Å²) in [6.45, 7) is 4.52. The average molecular weight is 288 g/mol. The molecular weight excluding hydrogens is 268 g/mol. The third kappa shape index (κ3) is 4.34. The van der Waals surface area contributed by atoms with Crippen molar-refractivity contribution >= 4 is 11.7 Å². The standard InChI is InChI=1S/C16H20N2O3/c1-3-4-7-10-20-14-9-6-5-8-13(14)16(19)17-15-11-12(2)21-18-15/h5-6,8-9,11H,3-4,7,10H2,1-2H3,(H,17,18,19). The van der Waals surface area contributed by atoms with E-state index >= 15 is 0 Å². The fraction of sp³-hybridized carbons (Fsp3) is 0.375. The van der Waals surface area contributed by atoms with Gasteiger partial charge in [-0.1, -0.05) is 37.1 Å². The maximum Gasteiger partial charge on any atom is 0.260 e. The second-order valence-corrected chi connectivity index (χ2v) is 4.83. The van der Waals surface area contributed by atoms with Crippen LogP contribution in [0.1, 0.15) is 42.3 Å². The van der Waals surface area contributed by atoms with E-state index in [1.807, 2.05) is 12.1 Å². The molecule has 2 aromatic rings. The lowest BCUT2D eigenvalue weighted by molar-refractivity contribution is 0.102. The molecule has 0 aliphatic heterocycles. The Kier molecular flexibility index (Phi) is 5.37. The highest BCUT2D eigenvalue weighted by Gasteiger charge is 2.13. The number of amides is 1. The third-order valence-electron chi connectivity index (χ3n) is 3.01. The van der Waals surface area contributed by atoms with Crippen LogP contribution in [0.4, 0.5) is 5.82 Å². The largest absolute Gasteiger partial charge is 0.493 e. The van der Waals surface area contributed by atoms with Crippen molar-refractivity contribution in [3.8, 4) is 5.75 Å². The Morgan fingerprint density at radius 1 is 1.33 bits per heavy atom. The van der Waals surface area contributed by atoms with Crippen molar-refractivity contribution in [2.24, 2.45) is 0 Å². The fourth-order valence-corrected chi connectivity index (χ4v) is 1.92. The van der Waals surface area contributed by atoms with Crippen molar-refractivity contribution in [3.05, 3.63) is 41.7 Å². The number of carbonyl (C=O) groups is 1. The van der Waals surface area contributed by atoms with Crippen LogP contribution in [0.3, 0.4) is 0 Å². The molecular formula is C16H20N2O3. The Balaban J connectivity index is 2.02. The summed E-state index contributed by atoms with van der Waals surface area (Å²) in [7, 11) is 0. The van der Waals surface area contributed by atoms with E-state index in [0.717, 1.165) is 19.3 Å². The summed E-state index contributed by atoms with van der Waals surface area (Å²) in [6, 6.07) is 8.86. The first-order valence-corrected chi connectivity index (χ1v) is 7.17. The maximum atomic E-state index is 12.3. The zero-order chi connectivity index (χ0) is 15.1. The minimum atomic E-state index is -0.255. The van der Waals surface area contributed by atoms with Gasteiger partial charge in [0.25, 0.3) is 5.91 Å². The topological polar surface area (TPSA) is 64.4 Å². The molecule has 0 fully saturated rings. The molecule has 1 heterocycles. The highest BCUT2D eigenvalue weighted by molar-refractivity contribution is 6.05. The van der Waals surface area contributed by atoms with Crippen LogP contribution in [0.25, 0.3) is 0 Å². The molecule has 1 amide bonds. The second kappa shape index (κ2) is 7.47. The third-order valence-corrected chi connectivity index (χ3v) is 3.01. The Labute approximate surface area is 124 Å². The van der Waals surface area contributed by atoms with Gasteiger partial charge < -0.3 is 14.6 Å². The molecule has 1 aromatic carbocycles. The Morgan fingerprint density at radius 3 is 2.86 bits per heavy atom. The van der Waals surface area contributed by atoms with Crippen molar-refractivity contribution < 1.29 is 14.1 Å². The molecule has 2 rings (SSSR count). The van der Waals surface area contributed by atoms with Crippen molar-refractivity contribution in [3.63, 3.8) is 0 Å². The summed E-state index contributed by atoms with van der Waals surface area (Å²) in [4.78, 5) is 12.3. The summed E-state index contributed by atoms with van der Waals surface area (Å²) >= 11 is 0. The molecule has 112 valence electrons. The molecule has 0 aliphatic carbocycles. The SMILES string of the molecule is CCCCCOc1ccccc1C(=O)Nc1cc(C)on1. The molecule has 0 atom stereocenters. The van der Waals surface area contributed by atoms with Gasteiger partial charge in [0.05, 0.1) is 12.2 Å². The minimum Gasteiger partial charge on any atom is -0.493 e. The Hall–Kier alpha value is -2.30. The maximum absolute atomic E-state index is 12.3. The van der Waals surface area contributed by atoms with Gasteiger partial charge in [-0.2, -0.15) is 0 Å². The minimum absolute atomic E-state index is 0.255. The van der Waals surface area contributed by atoms with Crippen LogP contribution in [0.15, 0.2) is 34.9 Å². The summed E-state index contributed by atoms with van der Waals surface area (Å²) in [5.41, 5.74) is 0.495. The number of carbonyl (C=O) groups excluding carboxylic acids is 1. The number of benzene rings is 1. The summed E-state index contributed by atoms with van der Waals surface area (Å²) in [5, 5.41) is 6.45. The van der Waals surface area contributed by atoms with Gasteiger partial charge in [0, 0.05) is 6.07 Å². The van der Waals surface area contributed by atoms with Crippen LogP contribution in [0.5, 0.6) is 5.75 Å². The molecule has 21 heavy (non-hydrogen) atoms. The normalized spacial score (nSPS) is 10.4. The molecule has 0 aliphatic rings. The van der Waals surface area contributed by atoms with Crippen LogP contribution >= 0.6 is 0 Å². The number of nitrogens with zero attached hydrogens (tertiary/aromatic N) is 1. The van der Waals surface area contributed by atoms with E-state index in [1.165, 1.54) is 0 Å². The Bertz CT molecular complexity index is 593. The van der Waals surface area contributed by atoms with E-state index < -0.39 is 0 Å². The molecule has 5 heteroatoms. The van der Waals surface area contributed by atoms with Crippen LogP contribution in [0, 0.1) is 6.92 Å². The Morgan fingerprint density at radius 2 is 2.14 bits per heavy atom. The molecule has 0 saturated carbocycles. The summed E-state index contributed by atoms with van der Waals surface area (Å²) in [5.74, 6) is 1.38. The molecule has 0 saturated heterocycles. The van der Waals surface area contributed by atoms with E-state index in [4.69, 9.17) is 9.26 Å². The smallest absolute Gasteiger partial charge is 0.260 e. The van der Waals surface area contributed by atoms with Gasteiger partial charge >= 0.3 is 0 Å². The number of anilines is 1. The molecule has 0 radical (unpaired) electrons. The van der Waals surface area contributed by atoms with E-state index in [0.29, 0.717) is 29.5 Å². The number of rotatable bonds is 7. The van der Waals surface area contributed by atoms with E-state index in [-0.39, 0.29) is 5.91 Å². The number of nitrogens with one attached hydrogen (secondary N) is 1. The van der Waals surface area contributed by atoms with E-state index in [1.54, 1.807) is 25.1 Å². The van der Waals surface area contributed by atoms with E-state index in [2.05, 4.69) is 17.4 Å². The van der Waals surface area contributed by atoms with Crippen molar-refractivity contribution in [1.82, 2.24) is 5.16 Å². The first-order chi connectivity index (χ1) is 10.2. The van der Waals surface area contributed by atoms with Crippen molar-refractivity contribution in [2.75, 3.05) is 11.9 Å². The lowest BCUT2D eigenvalue weighted by atomic mass is 10.2. The van der Waals surface area contributed by atoms with Crippen LogP contribution in [-0.4, -0.2) is 17.7 Å². The van der Waals surface area contributed by atoms with Gasteiger partial charge in [0.1, 0.15) is 11.5 Å². The number of hydrogen-bond acceptors (Lipinski definition) is 4. The summed E-state index contributed by atoms with van der Waals surface area (Å²) < 4.78 is 10.6. The van der Waals surface area contributed by atoms with Crippen LogP contribution in [-0.2, 0) is 0 Å². The van der Waals surface area contributed by atoms with Crippen molar-refractivity contribution in [2.45, 2.75) is 33.1 Å². The van der Waals surface area contributed by atoms with Crippen LogP contribution in [0.2, 0.25) is 0 Å². The highest BCUT2D eigenvalue weighted by Crippen LogP contribution is 2.20. The van der Waals surface area contributed by atoms with Crippen LogP contribution < -0.4 is 10.1 Å². The molecule has 1 aromatic heterocycles. The lowest BCUT2D eigenvalue weighted by Crippen LogP contribution is -2.14. The number of aryl methyl sites for hydroxylation is 1. The molecule has 0 spiro atoms. The first-order valence-electron chi connectivity index (χ1n) is 7.17. The molecule has 0 bridgehead atoms. The monoisotopic (exact) mass is 288 g/mol. The average Bonchev–Trinajstić information content (AvgIpc) is 2.89. The first kappa shape index (κ1) is 15.1.